The zero-order chi connectivity index (χ0) is 19.7. The molecule has 1 aromatic heterocycles. The summed E-state index contributed by atoms with van der Waals surface area (Å²) in [5.74, 6) is 2.47. The zero-order valence-electron chi connectivity index (χ0n) is 17.3. The van der Waals surface area contributed by atoms with Crippen LogP contribution in [-0.4, -0.2) is 58.2 Å². The van der Waals surface area contributed by atoms with Crippen molar-refractivity contribution in [3.8, 4) is 0 Å². The largest absolute Gasteiger partial charge is 0.396 e. The van der Waals surface area contributed by atoms with Crippen molar-refractivity contribution < 1.29 is 9.84 Å². The van der Waals surface area contributed by atoms with Gasteiger partial charge in [0.1, 0.15) is 12.4 Å². The molecule has 0 radical (unpaired) electrons. The monoisotopic (exact) mass is 380 g/mol. The van der Waals surface area contributed by atoms with E-state index in [0.29, 0.717) is 6.54 Å². The summed E-state index contributed by atoms with van der Waals surface area (Å²) in [6, 6.07) is 0. The molecule has 1 saturated heterocycles. The van der Waals surface area contributed by atoms with Crippen LogP contribution in [0.2, 0.25) is 0 Å². The molecule has 0 amide bonds. The Labute approximate surface area is 162 Å². The summed E-state index contributed by atoms with van der Waals surface area (Å²) >= 11 is 0. The fourth-order valence-corrected chi connectivity index (χ4v) is 3.38. The first-order valence-electron chi connectivity index (χ1n) is 10.1. The highest BCUT2D eigenvalue weighted by molar-refractivity contribution is 5.79. The van der Waals surface area contributed by atoms with Crippen molar-refractivity contribution in [1.29, 1.82) is 0 Å². The molecule has 1 aromatic rings. The van der Waals surface area contributed by atoms with Gasteiger partial charge in [0.15, 0.2) is 11.8 Å². The number of hydrogen-bond donors (Lipinski definition) is 3. The third-order valence-corrected chi connectivity index (χ3v) is 5.86. The molecule has 8 nitrogen and oxygen atoms in total. The van der Waals surface area contributed by atoms with Gasteiger partial charge < -0.3 is 25.0 Å². The van der Waals surface area contributed by atoms with E-state index in [1.807, 2.05) is 18.5 Å². The summed E-state index contributed by atoms with van der Waals surface area (Å²) in [5.41, 5.74) is 0.0719. The number of aliphatic imine (C=N–C) groups is 1. The van der Waals surface area contributed by atoms with Gasteiger partial charge in [-0.2, -0.15) is 0 Å². The van der Waals surface area contributed by atoms with Crippen LogP contribution < -0.4 is 10.6 Å². The van der Waals surface area contributed by atoms with Crippen LogP contribution >= 0.6 is 0 Å². The SMILES string of the molecule is CCC(CC)(CCO)CNC(=NCc1nnc(C)n1C)NCC1CCCO1. The first kappa shape index (κ1) is 21.6. The fourth-order valence-electron chi connectivity index (χ4n) is 3.38. The Morgan fingerprint density at radius 3 is 2.67 bits per heavy atom. The third-order valence-electron chi connectivity index (χ3n) is 5.86. The minimum absolute atomic E-state index is 0.0719. The third kappa shape index (κ3) is 6.17. The number of guanidine groups is 1. The van der Waals surface area contributed by atoms with Gasteiger partial charge in [-0.1, -0.05) is 13.8 Å². The van der Waals surface area contributed by atoms with Crippen LogP contribution in [0.15, 0.2) is 4.99 Å². The quantitative estimate of drug-likeness (QED) is 0.421. The summed E-state index contributed by atoms with van der Waals surface area (Å²) in [6.45, 7) is 9.32. The van der Waals surface area contributed by atoms with Gasteiger partial charge in [0.25, 0.3) is 0 Å². The van der Waals surface area contributed by atoms with Gasteiger partial charge in [-0.05, 0) is 44.4 Å². The van der Waals surface area contributed by atoms with Crippen molar-refractivity contribution in [3.63, 3.8) is 0 Å². The number of aliphatic hydroxyl groups excluding tert-OH is 1. The van der Waals surface area contributed by atoms with Crippen molar-refractivity contribution in [2.45, 2.75) is 65.5 Å². The second kappa shape index (κ2) is 10.6. The molecular formula is C19H36N6O2. The van der Waals surface area contributed by atoms with E-state index >= 15 is 0 Å². The molecule has 2 rings (SSSR count). The molecule has 8 heteroatoms. The Morgan fingerprint density at radius 1 is 1.33 bits per heavy atom. The summed E-state index contributed by atoms with van der Waals surface area (Å²) in [7, 11) is 1.95. The van der Waals surface area contributed by atoms with Crippen molar-refractivity contribution in [1.82, 2.24) is 25.4 Å². The maximum Gasteiger partial charge on any atom is 0.191 e. The Kier molecular flexibility index (Phi) is 8.50. The average molecular weight is 381 g/mol. The van der Waals surface area contributed by atoms with Gasteiger partial charge in [-0.3, -0.25) is 0 Å². The van der Waals surface area contributed by atoms with Crippen LogP contribution in [0, 0.1) is 12.3 Å². The molecule has 154 valence electrons. The number of aryl methyl sites for hydroxylation is 1. The molecule has 0 aliphatic carbocycles. The number of rotatable bonds is 10. The highest BCUT2D eigenvalue weighted by Crippen LogP contribution is 2.29. The Bertz CT molecular complexity index is 591. The van der Waals surface area contributed by atoms with E-state index in [-0.39, 0.29) is 18.1 Å². The van der Waals surface area contributed by atoms with Crippen LogP contribution in [-0.2, 0) is 18.3 Å². The number of aliphatic hydroxyl groups is 1. The predicted octanol–water partition coefficient (Wildman–Crippen LogP) is 1.53. The summed E-state index contributed by atoms with van der Waals surface area (Å²) in [6.07, 6.45) is 5.26. The molecule has 2 heterocycles. The number of nitrogens with one attached hydrogen (secondary N) is 2. The van der Waals surface area contributed by atoms with Crippen molar-refractivity contribution >= 4 is 5.96 Å². The molecule has 3 N–H and O–H groups in total. The maximum absolute atomic E-state index is 9.45. The molecule has 0 bridgehead atoms. The lowest BCUT2D eigenvalue weighted by molar-refractivity contribution is 0.113. The highest BCUT2D eigenvalue weighted by Gasteiger charge is 2.26. The normalized spacial score (nSPS) is 18.1. The number of aromatic nitrogens is 3. The highest BCUT2D eigenvalue weighted by atomic mass is 16.5. The van der Waals surface area contributed by atoms with Crippen LogP contribution in [0.5, 0.6) is 0 Å². The lowest BCUT2D eigenvalue weighted by Crippen LogP contribution is -2.46. The van der Waals surface area contributed by atoms with E-state index < -0.39 is 0 Å². The predicted molar refractivity (Wildman–Crippen MR) is 107 cm³/mol. The van der Waals surface area contributed by atoms with Crippen LogP contribution in [0.25, 0.3) is 0 Å². The maximum atomic E-state index is 9.45. The lowest BCUT2D eigenvalue weighted by atomic mass is 9.79. The van der Waals surface area contributed by atoms with Gasteiger partial charge in [-0.15, -0.1) is 10.2 Å². The second-order valence-electron chi connectivity index (χ2n) is 7.44. The molecule has 1 aliphatic rings. The van der Waals surface area contributed by atoms with Gasteiger partial charge in [0.05, 0.1) is 6.10 Å². The molecule has 1 fully saturated rings. The lowest BCUT2D eigenvalue weighted by Gasteiger charge is -2.32. The van der Waals surface area contributed by atoms with Crippen LogP contribution in [0.4, 0.5) is 0 Å². The summed E-state index contributed by atoms with van der Waals surface area (Å²) < 4.78 is 7.66. The van der Waals surface area contributed by atoms with Crippen LogP contribution in [0.1, 0.15) is 57.6 Å². The minimum atomic E-state index is 0.0719. The first-order chi connectivity index (χ1) is 13.0. The van der Waals surface area contributed by atoms with Crippen molar-refractivity contribution in [2.24, 2.45) is 17.5 Å². The van der Waals surface area contributed by atoms with Gasteiger partial charge in [0.2, 0.25) is 0 Å². The topological polar surface area (TPSA) is 96.6 Å². The van der Waals surface area contributed by atoms with E-state index in [2.05, 4.69) is 34.7 Å². The smallest absolute Gasteiger partial charge is 0.191 e. The molecule has 1 aliphatic heterocycles. The number of nitrogens with zero attached hydrogens (tertiary/aromatic N) is 4. The average Bonchev–Trinajstić information content (AvgIpc) is 3.31. The van der Waals surface area contributed by atoms with Crippen molar-refractivity contribution in [2.75, 3.05) is 26.3 Å². The molecular weight excluding hydrogens is 344 g/mol. The van der Waals surface area contributed by atoms with E-state index in [0.717, 1.165) is 69.4 Å². The van der Waals surface area contributed by atoms with E-state index in [9.17, 15) is 5.11 Å². The summed E-state index contributed by atoms with van der Waals surface area (Å²) in [4.78, 5) is 4.71. The fraction of sp³-hybridized carbons (Fsp3) is 0.842. The van der Waals surface area contributed by atoms with E-state index in [4.69, 9.17) is 9.73 Å². The van der Waals surface area contributed by atoms with E-state index in [1.54, 1.807) is 0 Å². The Balaban J connectivity index is 2.03. The molecule has 0 spiro atoms. The standard InChI is InChI=1S/C19H36N6O2/c1-5-19(6-2,9-10-26)14-22-18(20-12-16-8-7-11-27-16)21-13-17-24-23-15(3)25(17)4/h16,26H,5-14H2,1-4H3,(H2,20,21,22). The Hall–Kier alpha value is -1.67. The van der Waals surface area contributed by atoms with Gasteiger partial charge >= 0.3 is 0 Å². The number of hydrogen-bond acceptors (Lipinski definition) is 5. The molecule has 27 heavy (non-hydrogen) atoms. The Morgan fingerprint density at radius 2 is 2.11 bits per heavy atom. The zero-order valence-corrected chi connectivity index (χ0v) is 17.3. The summed E-state index contributed by atoms with van der Waals surface area (Å²) in [5, 5.41) is 24.6. The minimum Gasteiger partial charge on any atom is -0.396 e. The second-order valence-corrected chi connectivity index (χ2v) is 7.44. The molecule has 1 atom stereocenters. The van der Waals surface area contributed by atoms with E-state index in [1.165, 1.54) is 0 Å². The first-order valence-corrected chi connectivity index (χ1v) is 10.1. The molecule has 1 unspecified atom stereocenters. The van der Waals surface area contributed by atoms with Crippen molar-refractivity contribution in [3.05, 3.63) is 11.6 Å². The van der Waals surface area contributed by atoms with Crippen LogP contribution in [0.3, 0.4) is 0 Å². The molecule has 0 aromatic carbocycles. The molecule has 0 saturated carbocycles. The van der Waals surface area contributed by atoms with Gasteiger partial charge in [-0.25, -0.2) is 4.99 Å². The number of ether oxygens (including phenoxy) is 1. The van der Waals surface area contributed by atoms with Gasteiger partial charge in [0, 0.05) is 33.4 Å².